The van der Waals surface area contributed by atoms with E-state index in [1.807, 2.05) is 0 Å². The van der Waals surface area contributed by atoms with Crippen LogP contribution in [0.25, 0.3) is 11.1 Å². The Balaban J connectivity index is 1.64. The summed E-state index contributed by atoms with van der Waals surface area (Å²) in [6.07, 6.45) is 11.3. The number of hydrogen-bond acceptors (Lipinski definition) is 0. The van der Waals surface area contributed by atoms with Gasteiger partial charge in [0.1, 0.15) is 0 Å². The van der Waals surface area contributed by atoms with E-state index in [1.165, 1.54) is 54.4 Å². The first kappa shape index (κ1) is 16.1. The Morgan fingerprint density at radius 3 is 1.96 bits per heavy atom. The summed E-state index contributed by atoms with van der Waals surface area (Å²) in [5, 5.41) is 0. The van der Waals surface area contributed by atoms with Crippen LogP contribution in [0, 0.1) is 12.8 Å². The van der Waals surface area contributed by atoms with Crippen molar-refractivity contribution in [3.8, 4) is 11.1 Å². The molecule has 23 heavy (non-hydrogen) atoms. The molecule has 1 aliphatic carbocycles. The lowest BCUT2D eigenvalue weighted by atomic mass is 9.78. The van der Waals surface area contributed by atoms with E-state index < -0.39 is 0 Å². The standard InChI is InChI=1S/C23H28/c1-3-4-5-19-8-12-21(13-9-19)23-16-14-22(15-17-23)20-10-6-18(2)7-11-20/h4-7,10-11,14-17,19,21H,3,8-9,12-13H2,1-2H3. The van der Waals surface area contributed by atoms with Gasteiger partial charge in [0, 0.05) is 0 Å². The molecule has 0 radical (unpaired) electrons. The number of benzene rings is 2. The molecule has 0 unspecified atom stereocenters. The van der Waals surface area contributed by atoms with Crippen LogP contribution in [-0.2, 0) is 0 Å². The van der Waals surface area contributed by atoms with Crippen molar-refractivity contribution in [1.82, 2.24) is 0 Å². The number of hydrogen-bond donors (Lipinski definition) is 0. The van der Waals surface area contributed by atoms with Crippen LogP contribution >= 0.6 is 0 Å². The second-order valence-electron chi connectivity index (χ2n) is 6.94. The summed E-state index contributed by atoms with van der Waals surface area (Å²) < 4.78 is 0. The van der Waals surface area contributed by atoms with E-state index >= 15 is 0 Å². The van der Waals surface area contributed by atoms with E-state index in [2.05, 4.69) is 74.5 Å². The van der Waals surface area contributed by atoms with Crippen LogP contribution in [0.2, 0.25) is 0 Å². The third kappa shape index (κ3) is 4.13. The predicted octanol–water partition coefficient (Wildman–Crippen LogP) is 6.90. The van der Waals surface area contributed by atoms with Crippen LogP contribution in [0.1, 0.15) is 56.1 Å². The molecule has 0 atom stereocenters. The molecule has 1 fully saturated rings. The molecule has 1 aliphatic rings. The highest BCUT2D eigenvalue weighted by atomic mass is 14.3. The van der Waals surface area contributed by atoms with Gasteiger partial charge in [0.2, 0.25) is 0 Å². The normalized spacial score (nSPS) is 21.7. The quantitative estimate of drug-likeness (QED) is 0.539. The lowest BCUT2D eigenvalue weighted by Gasteiger charge is -2.27. The molecule has 3 rings (SSSR count). The fourth-order valence-corrected chi connectivity index (χ4v) is 3.67. The Labute approximate surface area is 141 Å². The predicted molar refractivity (Wildman–Crippen MR) is 101 cm³/mol. The van der Waals surface area contributed by atoms with Crippen molar-refractivity contribution in [2.75, 3.05) is 0 Å². The Kier molecular flexibility index (Phi) is 5.33. The third-order valence-corrected chi connectivity index (χ3v) is 5.18. The lowest BCUT2D eigenvalue weighted by Crippen LogP contribution is -2.11. The molecule has 1 saturated carbocycles. The molecule has 0 nitrogen and oxygen atoms in total. The summed E-state index contributed by atoms with van der Waals surface area (Å²) >= 11 is 0. The topological polar surface area (TPSA) is 0 Å². The second-order valence-corrected chi connectivity index (χ2v) is 6.94. The monoisotopic (exact) mass is 304 g/mol. The summed E-state index contributed by atoms with van der Waals surface area (Å²) in [5.41, 5.74) is 5.49. The zero-order chi connectivity index (χ0) is 16.1. The molecule has 0 saturated heterocycles. The zero-order valence-electron chi connectivity index (χ0n) is 14.5. The van der Waals surface area contributed by atoms with Gasteiger partial charge in [-0.2, -0.15) is 0 Å². The van der Waals surface area contributed by atoms with Gasteiger partial charge in [-0.3, -0.25) is 0 Å². The van der Waals surface area contributed by atoms with Crippen LogP contribution < -0.4 is 0 Å². The Morgan fingerprint density at radius 2 is 1.39 bits per heavy atom. The molecule has 0 aliphatic heterocycles. The molecule has 0 amide bonds. The Morgan fingerprint density at radius 1 is 0.826 bits per heavy atom. The maximum absolute atomic E-state index is 2.44. The van der Waals surface area contributed by atoms with Gasteiger partial charge in [-0.15, -0.1) is 0 Å². The highest BCUT2D eigenvalue weighted by molar-refractivity contribution is 5.64. The van der Waals surface area contributed by atoms with E-state index in [-0.39, 0.29) is 0 Å². The van der Waals surface area contributed by atoms with Crippen LogP contribution in [0.15, 0.2) is 60.7 Å². The van der Waals surface area contributed by atoms with E-state index in [9.17, 15) is 0 Å². The lowest BCUT2D eigenvalue weighted by molar-refractivity contribution is 0.375. The molecule has 0 bridgehead atoms. The fourth-order valence-electron chi connectivity index (χ4n) is 3.67. The SMILES string of the molecule is CCC=CC1CCC(c2ccc(-c3ccc(C)cc3)cc2)CC1. The average molecular weight is 304 g/mol. The molecular weight excluding hydrogens is 276 g/mol. The van der Waals surface area contributed by atoms with E-state index in [0.717, 1.165) is 11.8 Å². The van der Waals surface area contributed by atoms with Crippen molar-refractivity contribution in [3.05, 3.63) is 71.8 Å². The van der Waals surface area contributed by atoms with Gasteiger partial charge in [0.15, 0.2) is 0 Å². The average Bonchev–Trinajstić information content (AvgIpc) is 2.61. The summed E-state index contributed by atoms with van der Waals surface area (Å²) in [6.45, 7) is 4.36. The minimum atomic E-state index is 0.758. The molecule has 0 heterocycles. The summed E-state index contributed by atoms with van der Waals surface area (Å²) in [5.74, 6) is 1.58. The van der Waals surface area contributed by atoms with E-state index in [4.69, 9.17) is 0 Å². The van der Waals surface area contributed by atoms with Crippen LogP contribution in [0.5, 0.6) is 0 Å². The maximum Gasteiger partial charge on any atom is -0.0162 e. The van der Waals surface area contributed by atoms with Crippen molar-refractivity contribution >= 4 is 0 Å². The van der Waals surface area contributed by atoms with Gasteiger partial charge in [-0.1, -0.05) is 73.2 Å². The zero-order valence-corrected chi connectivity index (χ0v) is 14.5. The summed E-state index contributed by atoms with van der Waals surface area (Å²) in [6, 6.07) is 18.1. The van der Waals surface area contributed by atoms with Crippen molar-refractivity contribution in [1.29, 1.82) is 0 Å². The van der Waals surface area contributed by atoms with Gasteiger partial charge in [-0.05, 0) is 67.6 Å². The van der Waals surface area contributed by atoms with Crippen molar-refractivity contribution in [2.45, 2.75) is 51.9 Å². The molecule has 0 aromatic heterocycles. The molecule has 0 spiro atoms. The maximum atomic E-state index is 2.44. The minimum Gasteiger partial charge on any atom is -0.0885 e. The van der Waals surface area contributed by atoms with E-state index in [1.54, 1.807) is 0 Å². The van der Waals surface area contributed by atoms with Gasteiger partial charge in [-0.25, -0.2) is 0 Å². The molecule has 0 N–H and O–H groups in total. The van der Waals surface area contributed by atoms with Crippen LogP contribution in [0.4, 0.5) is 0 Å². The van der Waals surface area contributed by atoms with Gasteiger partial charge in [0.25, 0.3) is 0 Å². The second kappa shape index (κ2) is 7.64. The van der Waals surface area contributed by atoms with Crippen molar-refractivity contribution in [2.24, 2.45) is 5.92 Å². The minimum absolute atomic E-state index is 0.758. The third-order valence-electron chi connectivity index (χ3n) is 5.18. The molecular formula is C23H28. The van der Waals surface area contributed by atoms with Crippen molar-refractivity contribution in [3.63, 3.8) is 0 Å². The molecule has 2 aromatic rings. The van der Waals surface area contributed by atoms with Gasteiger partial charge >= 0.3 is 0 Å². The van der Waals surface area contributed by atoms with Gasteiger partial charge in [0.05, 0.1) is 0 Å². The van der Waals surface area contributed by atoms with Crippen LogP contribution in [-0.4, -0.2) is 0 Å². The Bertz CT molecular complexity index is 623. The van der Waals surface area contributed by atoms with Crippen molar-refractivity contribution < 1.29 is 0 Å². The molecule has 120 valence electrons. The Hall–Kier alpha value is -1.82. The molecule has 0 heteroatoms. The largest absolute Gasteiger partial charge is 0.0885 e. The highest BCUT2D eigenvalue weighted by Gasteiger charge is 2.20. The summed E-state index contributed by atoms with van der Waals surface area (Å²) in [7, 11) is 0. The highest BCUT2D eigenvalue weighted by Crippen LogP contribution is 2.37. The van der Waals surface area contributed by atoms with Gasteiger partial charge < -0.3 is 0 Å². The first-order valence-corrected chi connectivity index (χ1v) is 9.10. The summed E-state index contributed by atoms with van der Waals surface area (Å²) in [4.78, 5) is 0. The van der Waals surface area contributed by atoms with Crippen LogP contribution in [0.3, 0.4) is 0 Å². The molecule has 2 aromatic carbocycles. The number of aryl methyl sites for hydroxylation is 1. The van der Waals surface area contributed by atoms with E-state index in [0.29, 0.717) is 0 Å². The first-order chi connectivity index (χ1) is 11.3. The number of rotatable bonds is 4. The fraction of sp³-hybridized carbons (Fsp3) is 0.391. The smallest absolute Gasteiger partial charge is 0.0162 e. The number of allylic oxidation sites excluding steroid dienone is 2. The first-order valence-electron chi connectivity index (χ1n) is 9.10.